The number of imidazole rings is 1. The molecular formula is C14H9N5. The molecule has 0 spiro atoms. The highest BCUT2D eigenvalue weighted by Crippen LogP contribution is 2.24. The minimum atomic E-state index is 0.255. The maximum absolute atomic E-state index is 8.99. The first kappa shape index (κ1) is 11.2. The zero-order valence-corrected chi connectivity index (χ0v) is 10.3. The maximum Gasteiger partial charge on any atom is 0.123 e. The van der Waals surface area contributed by atoms with Gasteiger partial charge in [0.05, 0.1) is 41.4 Å². The number of hydrogen-bond donors (Lipinski definition) is 0. The van der Waals surface area contributed by atoms with Crippen LogP contribution in [0.5, 0.6) is 0 Å². The average molecular weight is 247 g/mol. The summed E-state index contributed by atoms with van der Waals surface area (Å²) in [5, 5.41) is 18.7. The van der Waals surface area contributed by atoms with Crippen LogP contribution in [-0.2, 0) is 13.5 Å². The van der Waals surface area contributed by atoms with Crippen LogP contribution in [-0.4, -0.2) is 14.5 Å². The molecule has 0 aliphatic rings. The lowest BCUT2D eigenvalue weighted by Crippen LogP contribution is -1.96. The molecule has 90 valence electrons. The quantitative estimate of drug-likeness (QED) is 0.659. The van der Waals surface area contributed by atoms with Crippen molar-refractivity contribution in [1.29, 1.82) is 10.5 Å². The van der Waals surface area contributed by atoms with Gasteiger partial charge in [-0.15, -0.1) is 0 Å². The van der Waals surface area contributed by atoms with Gasteiger partial charge in [-0.3, -0.25) is 4.98 Å². The fourth-order valence-electron chi connectivity index (χ4n) is 2.24. The Labute approximate surface area is 109 Å². The third-order valence-corrected chi connectivity index (χ3v) is 3.16. The Bertz CT molecular complexity index is 877. The molecule has 3 rings (SSSR count). The van der Waals surface area contributed by atoms with Gasteiger partial charge in [-0.25, -0.2) is 4.98 Å². The van der Waals surface area contributed by atoms with Crippen LogP contribution >= 0.6 is 0 Å². The molecule has 0 radical (unpaired) electrons. The van der Waals surface area contributed by atoms with Gasteiger partial charge in [0.2, 0.25) is 0 Å². The highest BCUT2D eigenvalue weighted by Gasteiger charge is 2.11. The van der Waals surface area contributed by atoms with Crippen molar-refractivity contribution in [1.82, 2.24) is 14.5 Å². The minimum Gasteiger partial charge on any atom is -0.330 e. The summed E-state index contributed by atoms with van der Waals surface area (Å²) in [5.74, 6) is 0.703. The Morgan fingerprint density at radius 2 is 2.11 bits per heavy atom. The summed E-state index contributed by atoms with van der Waals surface area (Å²) in [5.41, 5.74) is 3.06. The molecule has 19 heavy (non-hydrogen) atoms. The molecule has 0 aliphatic carbocycles. The van der Waals surface area contributed by atoms with Gasteiger partial charge >= 0.3 is 0 Å². The summed E-state index contributed by atoms with van der Waals surface area (Å²) in [6, 6.07) is 9.60. The summed E-state index contributed by atoms with van der Waals surface area (Å²) in [6.07, 6.45) is 1.95. The number of aryl methyl sites for hydroxylation is 1. The SMILES string of the molecule is Cn1c(CC#N)nc2cnc3ccc(C#N)cc3c21. The molecular weight excluding hydrogens is 238 g/mol. The van der Waals surface area contributed by atoms with E-state index in [1.807, 2.05) is 23.7 Å². The number of aromatic nitrogens is 3. The maximum atomic E-state index is 8.99. The third-order valence-electron chi connectivity index (χ3n) is 3.16. The van der Waals surface area contributed by atoms with Crippen molar-refractivity contribution in [3.8, 4) is 12.1 Å². The summed E-state index contributed by atoms with van der Waals surface area (Å²) in [7, 11) is 1.88. The van der Waals surface area contributed by atoms with E-state index in [1.165, 1.54) is 0 Å². The van der Waals surface area contributed by atoms with Gasteiger partial charge in [0.25, 0.3) is 0 Å². The van der Waals surface area contributed by atoms with E-state index in [9.17, 15) is 0 Å². The van der Waals surface area contributed by atoms with Crippen molar-refractivity contribution in [3.05, 3.63) is 35.8 Å². The predicted molar refractivity (Wildman–Crippen MR) is 70.0 cm³/mol. The van der Waals surface area contributed by atoms with Crippen LogP contribution in [0.1, 0.15) is 11.4 Å². The van der Waals surface area contributed by atoms with Crippen LogP contribution in [0.3, 0.4) is 0 Å². The van der Waals surface area contributed by atoms with Crippen LogP contribution in [0, 0.1) is 22.7 Å². The van der Waals surface area contributed by atoms with Crippen LogP contribution in [0.25, 0.3) is 21.9 Å². The van der Waals surface area contributed by atoms with E-state index in [0.717, 1.165) is 21.9 Å². The van der Waals surface area contributed by atoms with Gasteiger partial charge in [0.1, 0.15) is 11.3 Å². The summed E-state index contributed by atoms with van der Waals surface area (Å²) < 4.78 is 1.89. The molecule has 2 heterocycles. The smallest absolute Gasteiger partial charge is 0.123 e. The molecule has 5 heteroatoms. The third kappa shape index (κ3) is 1.61. The normalized spacial score (nSPS) is 10.5. The first-order valence-corrected chi connectivity index (χ1v) is 5.75. The zero-order valence-electron chi connectivity index (χ0n) is 10.3. The molecule has 0 N–H and O–H groups in total. The highest BCUT2D eigenvalue weighted by molar-refractivity contribution is 6.02. The number of fused-ring (bicyclic) bond motifs is 3. The van der Waals surface area contributed by atoms with Gasteiger partial charge in [-0.1, -0.05) is 0 Å². The molecule has 0 unspecified atom stereocenters. The van der Waals surface area contributed by atoms with Gasteiger partial charge in [0.15, 0.2) is 0 Å². The lowest BCUT2D eigenvalue weighted by Gasteiger charge is -2.02. The van der Waals surface area contributed by atoms with E-state index in [0.29, 0.717) is 11.4 Å². The summed E-state index contributed by atoms with van der Waals surface area (Å²) in [4.78, 5) is 8.73. The average Bonchev–Trinajstić information content (AvgIpc) is 2.76. The largest absolute Gasteiger partial charge is 0.330 e. The van der Waals surface area contributed by atoms with Gasteiger partial charge in [-0.05, 0) is 18.2 Å². The molecule has 1 aromatic carbocycles. The molecule has 3 aromatic rings. The second-order valence-corrected chi connectivity index (χ2v) is 4.26. The molecule has 5 nitrogen and oxygen atoms in total. The van der Waals surface area contributed by atoms with Crippen molar-refractivity contribution in [2.24, 2.45) is 7.05 Å². The number of nitriles is 2. The monoisotopic (exact) mass is 247 g/mol. The van der Waals surface area contributed by atoms with Crippen LogP contribution in [0.2, 0.25) is 0 Å². The van der Waals surface area contributed by atoms with Crippen molar-refractivity contribution in [2.45, 2.75) is 6.42 Å². The van der Waals surface area contributed by atoms with Gasteiger partial charge < -0.3 is 4.57 Å². The lowest BCUT2D eigenvalue weighted by molar-refractivity contribution is 0.859. The first-order chi connectivity index (χ1) is 9.24. The van der Waals surface area contributed by atoms with E-state index in [4.69, 9.17) is 10.5 Å². The van der Waals surface area contributed by atoms with E-state index in [-0.39, 0.29) is 6.42 Å². The van der Waals surface area contributed by atoms with Crippen molar-refractivity contribution in [3.63, 3.8) is 0 Å². The zero-order chi connectivity index (χ0) is 13.4. The van der Waals surface area contributed by atoms with E-state index >= 15 is 0 Å². The van der Waals surface area contributed by atoms with Crippen molar-refractivity contribution in [2.75, 3.05) is 0 Å². The molecule has 0 amide bonds. The summed E-state index contributed by atoms with van der Waals surface area (Å²) >= 11 is 0. The topological polar surface area (TPSA) is 78.3 Å². The van der Waals surface area contributed by atoms with Gasteiger partial charge in [-0.2, -0.15) is 10.5 Å². The molecule has 0 saturated carbocycles. The van der Waals surface area contributed by atoms with Crippen LogP contribution in [0.15, 0.2) is 24.4 Å². The Hall–Kier alpha value is -2.92. The fraction of sp³-hybridized carbons (Fsp3) is 0.143. The molecule has 0 bridgehead atoms. The van der Waals surface area contributed by atoms with Crippen molar-refractivity contribution < 1.29 is 0 Å². The van der Waals surface area contributed by atoms with Gasteiger partial charge in [0, 0.05) is 12.4 Å². The predicted octanol–water partition coefficient (Wildman–Crippen LogP) is 2.06. The lowest BCUT2D eigenvalue weighted by atomic mass is 10.1. The van der Waals surface area contributed by atoms with E-state index < -0.39 is 0 Å². The van der Waals surface area contributed by atoms with E-state index in [1.54, 1.807) is 12.3 Å². The molecule has 0 saturated heterocycles. The summed E-state index contributed by atoms with van der Waals surface area (Å²) in [6.45, 7) is 0. The van der Waals surface area contributed by atoms with Crippen molar-refractivity contribution >= 4 is 21.9 Å². The van der Waals surface area contributed by atoms with E-state index in [2.05, 4.69) is 22.1 Å². The standard InChI is InChI=1S/C14H9N5/c1-19-13(4-5-15)18-12-8-17-11-3-2-9(7-16)6-10(11)14(12)19/h2-3,6,8H,4H2,1H3. The van der Waals surface area contributed by atoms with Crippen LogP contribution in [0.4, 0.5) is 0 Å². The fourth-order valence-corrected chi connectivity index (χ4v) is 2.24. The Morgan fingerprint density at radius 1 is 1.26 bits per heavy atom. The molecule has 0 aliphatic heterocycles. The minimum absolute atomic E-state index is 0.255. The second-order valence-electron chi connectivity index (χ2n) is 4.26. The second kappa shape index (κ2) is 4.08. The van der Waals surface area contributed by atoms with Crippen LogP contribution < -0.4 is 0 Å². The number of rotatable bonds is 1. The molecule has 0 fully saturated rings. The number of nitrogens with zero attached hydrogens (tertiary/aromatic N) is 5. The number of benzene rings is 1. The first-order valence-electron chi connectivity index (χ1n) is 5.75. The number of pyridine rings is 1. The Kier molecular flexibility index (Phi) is 2.40. The molecule has 0 atom stereocenters. The highest BCUT2D eigenvalue weighted by atomic mass is 15.1. The Balaban J connectivity index is 2.45. The Morgan fingerprint density at radius 3 is 2.84 bits per heavy atom. The number of hydrogen-bond acceptors (Lipinski definition) is 4. The molecule has 2 aromatic heterocycles.